The lowest BCUT2D eigenvalue weighted by Gasteiger charge is -2.29. The van der Waals surface area contributed by atoms with E-state index in [1.54, 1.807) is 20.8 Å². The molecule has 0 bridgehead atoms. The van der Waals surface area contributed by atoms with Gasteiger partial charge >= 0.3 is 12.1 Å². The largest absolute Gasteiger partial charge is 0.458 e. The molecule has 10 nitrogen and oxygen atoms in total. The minimum atomic E-state index is -1.03. The number of benzene rings is 2. The van der Waals surface area contributed by atoms with E-state index < -0.39 is 53.4 Å². The van der Waals surface area contributed by atoms with E-state index in [2.05, 4.69) is 10.6 Å². The smallest absolute Gasteiger partial charge is 0.408 e. The van der Waals surface area contributed by atoms with Crippen molar-refractivity contribution < 1.29 is 33.4 Å². The molecule has 0 spiro atoms. The van der Waals surface area contributed by atoms with Crippen molar-refractivity contribution in [2.24, 2.45) is 5.92 Å². The van der Waals surface area contributed by atoms with E-state index in [0.29, 0.717) is 6.42 Å². The van der Waals surface area contributed by atoms with Crippen LogP contribution < -0.4 is 10.6 Å². The second-order valence-electron chi connectivity index (χ2n) is 12.2. The number of hydrogen-bond acceptors (Lipinski definition) is 7. The molecule has 1 aliphatic heterocycles. The Kier molecular flexibility index (Phi) is 11.9. The Morgan fingerprint density at radius 3 is 2.07 bits per heavy atom. The summed E-state index contributed by atoms with van der Waals surface area (Å²) in [6.07, 6.45) is 0.476. The highest BCUT2D eigenvalue weighted by atomic mass is 16.6. The van der Waals surface area contributed by atoms with Gasteiger partial charge in [-0.05, 0) is 57.1 Å². The number of amides is 3. The maximum atomic E-state index is 13.8. The Labute approximate surface area is 253 Å². The number of nitrogens with one attached hydrogen (secondary N) is 2. The molecule has 3 rings (SSSR count). The molecule has 2 aromatic rings. The van der Waals surface area contributed by atoms with Crippen molar-refractivity contribution >= 4 is 29.7 Å². The number of ketones is 1. The number of nitrogens with zero attached hydrogens (tertiary/aromatic N) is 1. The van der Waals surface area contributed by atoms with E-state index >= 15 is 0 Å². The average molecular weight is 594 g/mol. The summed E-state index contributed by atoms with van der Waals surface area (Å²) in [5.74, 6) is -2.83. The Morgan fingerprint density at radius 2 is 1.49 bits per heavy atom. The highest BCUT2D eigenvalue weighted by molar-refractivity contribution is 6.38. The van der Waals surface area contributed by atoms with Gasteiger partial charge in [-0.3, -0.25) is 14.4 Å². The van der Waals surface area contributed by atoms with Crippen LogP contribution in [0.4, 0.5) is 4.79 Å². The minimum absolute atomic E-state index is 0.0269. The average Bonchev–Trinajstić information content (AvgIpc) is 3.44. The molecule has 2 N–H and O–H groups in total. The van der Waals surface area contributed by atoms with Crippen LogP contribution in [0.5, 0.6) is 0 Å². The zero-order valence-corrected chi connectivity index (χ0v) is 25.6. The quantitative estimate of drug-likeness (QED) is 0.281. The van der Waals surface area contributed by atoms with E-state index in [4.69, 9.17) is 9.47 Å². The molecule has 3 atom stereocenters. The molecule has 43 heavy (non-hydrogen) atoms. The van der Waals surface area contributed by atoms with Gasteiger partial charge in [0.2, 0.25) is 11.7 Å². The zero-order chi connectivity index (χ0) is 31.6. The molecule has 0 saturated carbocycles. The molecule has 3 amide bonds. The summed E-state index contributed by atoms with van der Waals surface area (Å²) in [5.41, 5.74) is 0.832. The van der Waals surface area contributed by atoms with Gasteiger partial charge in [0.05, 0.1) is 0 Å². The summed E-state index contributed by atoms with van der Waals surface area (Å²) in [4.78, 5) is 67.2. The summed E-state index contributed by atoms with van der Waals surface area (Å²) in [5, 5.41) is 5.22. The van der Waals surface area contributed by atoms with Crippen LogP contribution in [0.25, 0.3) is 0 Å². The molecule has 10 heteroatoms. The van der Waals surface area contributed by atoms with Crippen molar-refractivity contribution in [3.8, 4) is 0 Å². The minimum Gasteiger partial charge on any atom is -0.458 e. The van der Waals surface area contributed by atoms with Crippen LogP contribution in [0, 0.1) is 5.92 Å². The number of hydrogen-bond donors (Lipinski definition) is 2. The molecule has 0 radical (unpaired) electrons. The summed E-state index contributed by atoms with van der Waals surface area (Å²) < 4.78 is 10.8. The number of likely N-dealkylation sites (tertiary alicyclic amines) is 1. The SMILES string of the molecule is CC(C)C[C@H](NC(=O)C(=O)[C@@H]1CCCN1C(=O)[C@H](Cc1ccccc1)NC(=O)OCc1ccccc1)C(=O)OC(C)(C)C. The summed E-state index contributed by atoms with van der Waals surface area (Å²) in [7, 11) is 0. The van der Waals surface area contributed by atoms with Crippen LogP contribution in [0.1, 0.15) is 65.0 Å². The maximum Gasteiger partial charge on any atom is 0.408 e. The van der Waals surface area contributed by atoms with Crippen LogP contribution in [0.15, 0.2) is 60.7 Å². The summed E-state index contributed by atoms with van der Waals surface area (Å²) >= 11 is 0. The molecule has 2 aromatic carbocycles. The molecule has 232 valence electrons. The predicted octanol–water partition coefficient (Wildman–Crippen LogP) is 3.96. The van der Waals surface area contributed by atoms with E-state index in [1.165, 1.54) is 4.90 Å². The van der Waals surface area contributed by atoms with E-state index in [-0.39, 0.29) is 38.3 Å². The van der Waals surface area contributed by atoms with E-state index in [0.717, 1.165) is 11.1 Å². The molecule has 0 aliphatic carbocycles. The Morgan fingerprint density at radius 1 is 0.884 bits per heavy atom. The first kappa shape index (κ1) is 33.3. The van der Waals surface area contributed by atoms with Crippen LogP contribution in [-0.4, -0.2) is 64.8 Å². The molecule has 1 aliphatic rings. The highest BCUT2D eigenvalue weighted by Crippen LogP contribution is 2.21. The number of rotatable bonds is 12. The van der Waals surface area contributed by atoms with Crippen LogP contribution in [0.3, 0.4) is 0 Å². The van der Waals surface area contributed by atoms with Crippen LogP contribution >= 0.6 is 0 Å². The van der Waals surface area contributed by atoms with Crippen molar-refractivity contribution in [3.05, 3.63) is 71.8 Å². The number of ether oxygens (including phenoxy) is 2. The lowest BCUT2D eigenvalue weighted by atomic mass is 10.0. The maximum absolute atomic E-state index is 13.8. The second kappa shape index (κ2) is 15.3. The first-order chi connectivity index (χ1) is 20.3. The Bertz CT molecular complexity index is 1260. The first-order valence-electron chi connectivity index (χ1n) is 14.7. The summed E-state index contributed by atoms with van der Waals surface area (Å²) in [6, 6.07) is 15.3. The molecule has 0 unspecified atom stereocenters. The molecular formula is C33H43N3O7. The zero-order valence-electron chi connectivity index (χ0n) is 25.6. The fourth-order valence-electron chi connectivity index (χ4n) is 4.90. The van der Waals surface area contributed by atoms with Crippen molar-refractivity contribution in [2.45, 2.75) is 90.6 Å². The number of esters is 1. The molecular weight excluding hydrogens is 550 g/mol. The summed E-state index contributed by atoms with van der Waals surface area (Å²) in [6.45, 7) is 9.24. The van der Waals surface area contributed by atoms with Crippen molar-refractivity contribution in [1.29, 1.82) is 0 Å². The van der Waals surface area contributed by atoms with Gasteiger partial charge in [-0.15, -0.1) is 0 Å². The Hall–Kier alpha value is -4.21. The normalized spacial score (nSPS) is 16.2. The van der Waals surface area contributed by atoms with Crippen LogP contribution in [0.2, 0.25) is 0 Å². The molecule has 1 saturated heterocycles. The van der Waals surface area contributed by atoms with Crippen molar-refractivity contribution in [3.63, 3.8) is 0 Å². The van der Waals surface area contributed by atoms with E-state index in [1.807, 2.05) is 74.5 Å². The molecule has 1 fully saturated rings. The third-order valence-corrected chi connectivity index (χ3v) is 6.85. The number of carbonyl (C=O) groups excluding carboxylic acids is 5. The second-order valence-corrected chi connectivity index (χ2v) is 12.2. The standard InChI is InChI=1S/C33H43N3O7/c1-22(2)19-26(31(40)43-33(3,4)5)34-29(38)28(37)27-17-12-18-36(27)30(39)25(20-23-13-8-6-9-14-23)35-32(41)42-21-24-15-10-7-11-16-24/h6-11,13-16,22,25-27H,12,17-21H2,1-5H3,(H,34,38)(H,35,41)/t25-,26-,27-/m0/s1. The first-order valence-corrected chi connectivity index (χ1v) is 14.7. The van der Waals surface area contributed by atoms with Gasteiger partial charge < -0.3 is 25.0 Å². The van der Waals surface area contributed by atoms with Gasteiger partial charge in [-0.2, -0.15) is 0 Å². The highest BCUT2D eigenvalue weighted by Gasteiger charge is 2.41. The van der Waals surface area contributed by atoms with Gasteiger partial charge in [-0.1, -0.05) is 74.5 Å². The molecule has 1 heterocycles. The van der Waals surface area contributed by atoms with Crippen molar-refractivity contribution in [2.75, 3.05) is 6.54 Å². The third kappa shape index (κ3) is 10.5. The van der Waals surface area contributed by atoms with Gasteiger partial charge in [0.1, 0.15) is 30.3 Å². The number of carbonyl (C=O) groups is 5. The van der Waals surface area contributed by atoms with Gasteiger partial charge in [-0.25, -0.2) is 9.59 Å². The fourth-order valence-corrected chi connectivity index (χ4v) is 4.90. The van der Waals surface area contributed by atoms with E-state index in [9.17, 15) is 24.0 Å². The van der Waals surface area contributed by atoms with Gasteiger partial charge in [0.15, 0.2) is 0 Å². The van der Waals surface area contributed by atoms with Gasteiger partial charge in [0.25, 0.3) is 5.91 Å². The fraction of sp³-hybridized carbons (Fsp3) is 0.485. The topological polar surface area (TPSA) is 131 Å². The number of alkyl carbamates (subject to hydrolysis) is 1. The van der Waals surface area contributed by atoms with Crippen LogP contribution in [-0.2, 0) is 41.7 Å². The third-order valence-electron chi connectivity index (χ3n) is 6.85. The van der Waals surface area contributed by atoms with Gasteiger partial charge in [0, 0.05) is 13.0 Å². The number of Topliss-reactive ketones (excluding diaryl/α,β-unsaturated/α-hetero) is 1. The lowest BCUT2D eigenvalue weighted by molar-refractivity contribution is -0.159. The van der Waals surface area contributed by atoms with Crippen molar-refractivity contribution in [1.82, 2.24) is 15.5 Å². The molecule has 0 aromatic heterocycles. The Balaban J connectivity index is 1.73. The predicted molar refractivity (Wildman–Crippen MR) is 161 cm³/mol. The monoisotopic (exact) mass is 593 g/mol. The lowest BCUT2D eigenvalue weighted by Crippen LogP contribution is -2.55.